The molecule has 2 rings (SSSR count). The molecule has 2 aromatic rings. The van der Waals surface area contributed by atoms with Gasteiger partial charge in [-0.1, -0.05) is 12.1 Å². The summed E-state index contributed by atoms with van der Waals surface area (Å²) in [5.41, 5.74) is 1.57. The molecule has 0 saturated carbocycles. The third-order valence-corrected chi connectivity index (χ3v) is 6.69. The monoisotopic (exact) mass is 810 g/mol. The van der Waals surface area contributed by atoms with Crippen molar-refractivity contribution in [2.45, 2.75) is 76.8 Å². The largest absolute Gasteiger partial charge is 0.490 e. The van der Waals surface area contributed by atoms with Crippen LogP contribution in [-0.4, -0.2) is 107 Å². The number of hydrogen-bond donors (Lipinski definition) is 8. The van der Waals surface area contributed by atoms with Crippen LogP contribution in [0.1, 0.15) is 62.8 Å². The number of halogens is 6. The first-order valence-corrected chi connectivity index (χ1v) is 17.3. The van der Waals surface area contributed by atoms with Crippen molar-refractivity contribution in [3.8, 4) is 0 Å². The van der Waals surface area contributed by atoms with Gasteiger partial charge in [0.2, 0.25) is 23.6 Å². The van der Waals surface area contributed by atoms with Crippen LogP contribution in [-0.2, 0) is 41.9 Å². The summed E-state index contributed by atoms with van der Waals surface area (Å²) in [7, 11) is 0. The van der Waals surface area contributed by atoms with E-state index >= 15 is 0 Å². The Morgan fingerprint density at radius 2 is 0.786 bits per heavy atom. The molecule has 0 fully saturated rings. The quantitative estimate of drug-likeness (QED) is 0.0596. The van der Waals surface area contributed by atoms with Gasteiger partial charge < -0.3 is 42.1 Å². The lowest BCUT2D eigenvalue weighted by Gasteiger charge is -2.08. The predicted octanol–water partition coefficient (Wildman–Crippen LogP) is 2.21. The van der Waals surface area contributed by atoms with Crippen LogP contribution in [0.25, 0.3) is 0 Å². The first kappa shape index (κ1) is 50.6. The summed E-state index contributed by atoms with van der Waals surface area (Å²) in [6, 6.07) is 11.0. The molecule has 0 atom stereocenters. The Kier molecular flexibility index (Phi) is 27.0. The molecule has 0 aliphatic heterocycles. The summed E-state index contributed by atoms with van der Waals surface area (Å²) in [6.45, 7) is 5.36. The third-order valence-electron chi connectivity index (χ3n) is 6.69. The predicted molar refractivity (Wildman–Crippen MR) is 188 cm³/mol. The van der Waals surface area contributed by atoms with E-state index in [4.69, 9.17) is 19.8 Å². The van der Waals surface area contributed by atoms with E-state index < -0.39 is 24.3 Å². The van der Waals surface area contributed by atoms with Crippen LogP contribution in [0.5, 0.6) is 0 Å². The number of pyridine rings is 2. The van der Waals surface area contributed by atoms with E-state index in [-0.39, 0.29) is 49.3 Å². The normalized spacial score (nSPS) is 10.8. The van der Waals surface area contributed by atoms with Gasteiger partial charge in [0.05, 0.1) is 24.5 Å². The van der Waals surface area contributed by atoms with Gasteiger partial charge in [0.15, 0.2) is 0 Å². The van der Waals surface area contributed by atoms with E-state index in [0.29, 0.717) is 26.2 Å². The average Bonchev–Trinajstić information content (AvgIpc) is 3.15. The number of carboxylic acids is 2. The standard InChI is InChI=1S/C30H46N8O4.2C2HF3O2/c39-27(11-13-29(41)37-23-25-9-1-3-19-33-25)35-21-7-17-31-15-5-6-16-32-18-8-22-36-28(40)12-14-30(42)38-24-26-10-2-4-20-34-26;2*3-2(4,5)1(6)7/h1-4,9-10,19-20,31-32H,5-8,11-18,21-24H2,(H,35,39)(H,36,40)(H,37,41)(H,38,42);2*(H,6,7). The minimum absolute atomic E-state index is 0.117. The summed E-state index contributed by atoms with van der Waals surface area (Å²) in [5.74, 6) is -6.07. The average molecular weight is 811 g/mol. The topological polar surface area (TPSA) is 241 Å². The van der Waals surface area contributed by atoms with Gasteiger partial charge in [-0.05, 0) is 76.1 Å². The lowest BCUT2D eigenvalue weighted by molar-refractivity contribution is -0.193. The van der Waals surface area contributed by atoms with Crippen molar-refractivity contribution in [1.29, 1.82) is 0 Å². The van der Waals surface area contributed by atoms with Crippen LogP contribution in [0, 0.1) is 0 Å². The van der Waals surface area contributed by atoms with E-state index in [1.54, 1.807) is 12.4 Å². The van der Waals surface area contributed by atoms with Gasteiger partial charge in [-0.15, -0.1) is 0 Å². The number of carbonyl (C=O) groups is 6. The number of aromatic nitrogens is 2. The summed E-state index contributed by atoms with van der Waals surface area (Å²) < 4.78 is 63.5. The van der Waals surface area contributed by atoms with E-state index in [2.05, 4.69) is 41.9 Å². The van der Waals surface area contributed by atoms with Gasteiger partial charge in [0, 0.05) is 51.2 Å². The molecule has 2 aromatic heterocycles. The van der Waals surface area contributed by atoms with Gasteiger partial charge in [-0.25, -0.2) is 9.59 Å². The summed E-state index contributed by atoms with van der Waals surface area (Å²) in [5, 5.41) is 32.2. The molecule has 0 bridgehead atoms. The van der Waals surface area contributed by atoms with Crippen molar-refractivity contribution >= 4 is 35.6 Å². The van der Waals surface area contributed by atoms with Crippen molar-refractivity contribution in [1.82, 2.24) is 41.9 Å². The highest BCUT2D eigenvalue weighted by Gasteiger charge is 2.38. The molecule has 4 amide bonds. The number of amides is 4. The molecule has 2 heterocycles. The van der Waals surface area contributed by atoms with E-state index in [1.807, 2.05) is 36.4 Å². The van der Waals surface area contributed by atoms with Crippen LogP contribution >= 0.6 is 0 Å². The number of unbranched alkanes of at least 4 members (excludes halogenated alkanes) is 1. The zero-order valence-electron chi connectivity index (χ0n) is 30.4. The first-order valence-electron chi connectivity index (χ1n) is 17.3. The lowest BCUT2D eigenvalue weighted by atomic mass is 10.2. The second kappa shape index (κ2) is 29.9. The number of nitrogens with zero attached hydrogens (tertiary/aromatic N) is 2. The number of carbonyl (C=O) groups excluding carboxylic acids is 4. The van der Waals surface area contributed by atoms with Gasteiger partial charge >= 0.3 is 24.3 Å². The number of carboxylic acid groups (broad SMARTS) is 2. The first-order chi connectivity index (χ1) is 26.4. The fraction of sp³-hybridized carbons (Fsp3) is 0.529. The van der Waals surface area contributed by atoms with Gasteiger partial charge in [0.25, 0.3) is 0 Å². The Labute approximate surface area is 319 Å². The molecular weight excluding hydrogens is 762 g/mol. The molecule has 314 valence electrons. The number of hydrogen-bond acceptors (Lipinski definition) is 10. The highest BCUT2D eigenvalue weighted by Crippen LogP contribution is 2.13. The van der Waals surface area contributed by atoms with Crippen LogP contribution in [0.2, 0.25) is 0 Å². The molecule has 0 saturated heterocycles. The maximum Gasteiger partial charge on any atom is 0.490 e. The van der Waals surface area contributed by atoms with Crippen molar-refractivity contribution in [3.63, 3.8) is 0 Å². The molecule has 0 aliphatic rings. The molecule has 8 N–H and O–H groups in total. The van der Waals surface area contributed by atoms with Crippen LogP contribution in [0.3, 0.4) is 0 Å². The number of aliphatic carboxylic acids is 2. The lowest BCUT2D eigenvalue weighted by Crippen LogP contribution is -2.30. The van der Waals surface area contributed by atoms with E-state index in [0.717, 1.165) is 63.3 Å². The van der Waals surface area contributed by atoms with Gasteiger partial charge in [0.1, 0.15) is 0 Å². The van der Waals surface area contributed by atoms with Crippen LogP contribution in [0.15, 0.2) is 48.8 Å². The number of rotatable bonds is 23. The van der Waals surface area contributed by atoms with Crippen molar-refractivity contribution in [2.75, 3.05) is 39.3 Å². The second-order valence-electron chi connectivity index (χ2n) is 11.4. The fourth-order valence-corrected chi connectivity index (χ4v) is 3.82. The smallest absolute Gasteiger partial charge is 0.475 e. The van der Waals surface area contributed by atoms with Gasteiger partial charge in [-0.2, -0.15) is 26.3 Å². The maximum absolute atomic E-state index is 11.9. The molecule has 0 spiro atoms. The molecule has 0 aromatic carbocycles. The number of alkyl halides is 6. The Hall–Kier alpha value is -5.38. The fourth-order valence-electron chi connectivity index (χ4n) is 3.82. The Morgan fingerprint density at radius 3 is 1.07 bits per heavy atom. The van der Waals surface area contributed by atoms with Crippen LogP contribution < -0.4 is 31.9 Å². The Balaban J connectivity index is 0.00000182. The maximum atomic E-state index is 11.9. The number of nitrogens with one attached hydrogen (secondary N) is 6. The summed E-state index contributed by atoms with van der Waals surface area (Å²) in [4.78, 5) is 73.6. The zero-order valence-corrected chi connectivity index (χ0v) is 30.4. The summed E-state index contributed by atoms with van der Waals surface area (Å²) >= 11 is 0. The SMILES string of the molecule is O=C(CCC(=O)NCc1ccccn1)NCCCNCCCCNCCCNC(=O)CCC(=O)NCc1ccccn1.O=C(O)C(F)(F)F.O=C(O)C(F)(F)F. The highest BCUT2D eigenvalue weighted by atomic mass is 19.4. The zero-order chi connectivity index (χ0) is 42.2. The third kappa shape index (κ3) is 31.0. The van der Waals surface area contributed by atoms with Crippen molar-refractivity contribution in [2.24, 2.45) is 0 Å². The molecule has 0 unspecified atom stereocenters. The minimum Gasteiger partial charge on any atom is -0.475 e. The molecule has 16 nitrogen and oxygen atoms in total. The Morgan fingerprint density at radius 1 is 0.482 bits per heavy atom. The molecular formula is C34H48F6N8O8. The van der Waals surface area contributed by atoms with Gasteiger partial charge in [-0.3, -0.25) is 29.1 Å². The molecule has 0 radical (unpaired) electrons. The van der Waals surface area contributed by atoms with Crippen molar-refractivity contribution in [3.05, 3.63) is 60.2 Å². The second-order valence-corrected chi connectivity index (χ2v) is 11.4. The Bertz CT molecular complexity index is 1330. The van der Waals surface area contributed by atoms with Crippen LogP contribution in [0.4, 0.5) is 26.3 Å². The highest BCUT2D eigenvalue weighted by molar-refractivity contribution is 5.84. The summed E-state index contributed by atoms with van der Waals surface area (Å²) in [6.07, 6.45) is -2.39. The minimum atomic E-state index is -5.08. The van der Waals surface area contributed by atoms with E-state index in [1.165, 1.54) is 0 Å². The van der Waals surface area contributed by atoms with E-state index in [9.17, 15) is 45.5 Å². The molecule has 22 heteroatoms. The molecule has 0 aliphatic carbocycles. The molecule has 56 heavy (non-hydrogen) atoms. The van der Waals surface area contributed by atoms with Crippen molar-refractivity contribution < 1.29 is 65.3 Å².